The van der Waals surface area contributed by atoms with E-state index in [9.17, 15) is 0 Å². The molecule has 1 aromatic rings. The van der Waals surface area contributed by atoms with E-state index in [-0.39, 0.29) is 0 Å². The van der Waals surface area contributed by atoms with Crippen LogP contribution in [0.1, 0.15) is 23.7 Å². The molecule has 1 heterocycles. The fraction of sp³-hybridized carbons (Fsp3) is 0.400. The van der Waals surface area contributed by atoms with Gasteiger partial charge >= 0.3 is 0 Å². The lowest BCUT2D eigenvalue weighted by Gasteiger charge is -2.21. The SMILES string of the molecule is Ic1ccccc1C1CCCSS1. The summed E-state index contributed by atoms with van der Waals surface area (Å²) in [4.78, 5) is 0. The number of halogens is 1. The highest BCUT2D eigenvalue weighted by molar-refractivity contribution is 14.1. The first kappa shape index (κ1) is 10.2. The van der Waals surface area contributed by atoms with E-state index in [0.717, 1.165) is 5.25 Å². The third-order valence-electron chi connectivity index (χ3n) is 2.13. The molecule has 1 saturated heterocycles. The molecule has 1 atom stereocenters. The van der Waals surface area contributed by atoms with Gasteiger partial charge in [0, 0.05) is 14.6 Å². The molecule has 0 amide bonds. The highest BCUT2D eigenvalue weighted by atomic mass is 127. The summed E-state index contributed by atoms with van der Waals surface area (Å²) in [5.74, 6) is 1.32. The van der Waals surface area contributed by atoms with Crippen LogP contribution < -0.4 is 0 Å². The van der Waals surface area contributed by atoms with Gasteiger partial charge in [-0.1, -0.05) is 39.8 Å². The molecule has 1 aliphatic rings. The van der Waals surface area contributed by atoms with Gasteiger partial charge in [-0.3, -0.25) is 0 Å². The molecule has 0 nitrogen and oxygen atoms in total. The van der Waals surface area contributed by atoms with E-state index in [1.165, 1.54) is 27.7 Å². The van der Waals surface area contributed by atoms with Crippen molar-refractivity contribution >= 4 is 44.2 Å². The van der Waals surface area contributed by atoms with Gasteiger partial charge in [-0.25, -0.2) is 0 Å². The van der Waals surface area contributed by atoms with Crippen LogP contribution in [0, 0.1) is 3.57 Å². The molecule has 2 rings (SSSR count). The highest BCUT2D eigenvalue weighted by Crippen LogP contribution is 2.46. The van der Waals surface area contributed by atoms with E-state index in [1.54, 1.807) is 0 Å². The van der Waals surface area contributed by atoms with Gasteiger partial charge in [0.2, 0.25) is 0 Å². The zero-order chi connectivity index (χ0) is 9.10. The first-order chi connectivity index (χ1) is 6.38. The lowest BCUT2D eigenvalue weighted by molar-refractivity contribution is 0.781. The Morgan fingerprint density at radius 1 is 1.31 bits per heavy atom. The second-order valence-electron chi connectivity index (χ2n) is 3.07. The van der Waals surface area contributed by atoms with E-state index in [2.05, 4.69) is 46.9 Å². The van der Waals surface area contributed by atoms with Crippen LogP contribution in [-0.2, 0) is 0 Å². The van der Waals surface area contributed by atoms with Gasteiger partial charge in [0.05, 0.1) is 0 Å². The lowest BCUT2D eigenvalue weighted by Crippen LogP contribution is -2.00. The van der Waals surface area contributed by atoms with Crippen molar-refractivity contribution in [2.24, 2.45) is 0 Å². The van der Waals surface area contributed by atoms with Gasteiger partial charge in [0.1, 0.15) is 0 Å². The lowest BCUT2D eigenvalue weighted by atomic mass is 10.1. The normalized spacial score (nSPS) is 23.0. The summed E-state index contributed by atoms with van der Waals surface area (Å²) in [6.45, 7) is 0. The minimum atomic E-state index is 0.729. The van der Waals surface area contributed by atoms with Gasteiger partial charge in [-0.2, -0.15) is 0 Å². The topological polar surface area (TPSA) is 0 Å². The van der Waals surface area contributed by atoms with Crippen molar-refractivity contribution in [3.63, 3.8) is 0 Å². The van der Waals surface area contributed by atoms with Crippen LogP contribution in [0.3, 0.4) is 0 Å². The van der Waals surface area contributed by atoms with Crippen molar-refractivity contribution in [3.05, 3.63) is 33.4 Å². The fourth-order valence-corrected chi connectivity index (χ4v) is 5.28. The average Bonchev–Trinajstić information content (AvgIpc) is 2.20. The molecule has 0 N–H and O–H groups in total. The quantitative estimate of drug-likeness (QED) is 0.551. The molecule has 1 fully saturated rings. The molecule has 0 bridgehead atoms. The highest BCUT2D eigenvalue weighted by Gasteiger charge is 2.18. The molecule has 0 radical (unpaired) electrons. The second kappa shape index (κ2) is 4.94. The fourth-order valence-electron chi connectivity index (χ4n) is 1.45. The maximum atomic E-state index is 2.44. The van der Waals surface area contributed by atoms with Crippen LogP contribution in [0.25, 0.3) is 0 Å². The van der Waals surface area contributed by atoms with Crippen LogP contribution >= 0.6 is 44.2 Å². The maximum Gasteiger partial charge on any atom is 0.0411 e. The van der Waals surface area contributed by atoms with E-state index in [0.29, 0.717) is 0 Å². The van der Waals surface area contributed by atoms with Crippen LogP contribution in [0.15, 0.2) is 24.3 Å². The van der Waals surface area contributed by atoms with Gasteiger partial charge in [-0.05, 0) is 47.1 Å². The molecule has 0 spiro atoms. The molecule has 1 aromatic carbocycles. The summed E-state index contributed by atoms with van der Waals surface area (Å²) in [6.07, 6.45) is 2.71. The number of hydrogen-bond donors (Lipinski definition) is 0. The number of rotatable bonds is 1. The first-order valence-corrected chi connectivity index (χ1v) is 7.87. The Hall–Kier alpha value is 0.650. The van der Waals surface area contributed by atoms with Gasteiger partial charge in [0.25, 0.3) is 0 Å². The van der Waals surface area contributed by atoms with Crippen molar-refractivity contribution in [1.82, 2.24) is 0 Å². The van der Waals surface area contributed by atoms with Gasteiger partial charge < -0.3 is 0 Å². The summed E-state index contributed by atoms with van der Waals surface area (Å²) in [5.41, 5.74) is 1.53. The van der Waals surface area contributed by atoms with E-state index in [1.807, 2.05) is 21.6 Å². The number of hydrogen-bond acceptors (Lipinski definition) is 2. The molecule has 0 aliphatic carbocycles. The van der Waals surface area contributed by atoms with Gasteiger partial charge in [-0.15, -0.1) is 0 Å². The van der Waals surface area contributed by atoms with Crippen molar-refractivity contribution in [1.29, 1.82) is 0 Å². The standard InChI is InChI=1S/C10H11IS2/c11-9-5-2-1-4-8(9)10-6-3-7-12-13-10/h1-2,4-5,10H,3,6-7H2. The minimum absolute atomic E-state index is 0.729. The Kier molecular flexibility index (Phi) is 3.86. The molecule has 0 aromatic heterocycles. The Balaban J connectivity index is 2.18. The van der Waals surface area contributed by atoms with Crippen LogP contribution in [0.2, 0.25) is 0 Å². The predicted molar refractivity (Wildman–Crippen MR) is 71.2 cm³/mol. The molecule has 13 heavy (non-hydrogen) atoms. The van der Waals surface area contributed by atoms with Crippen molar-refractivity contribution in [2.75, 3.05) is 5.75 Å². The number of benzene rings is 1. The Labute approximate surface area is 101 Å². The molecule has 3 heteroatoms. The first-order valence-electron chi connectivity index (χ1n) is 4.40. The van der Waals surface area contributed by atoms with Crippen LogP contribution in [-0.4, -0.2) is 5.75 Å². The monoisotopic (exact) mass is 322 g/mol. The Morgan fingerprint density at radius 3 is 2.85 bits per heavy atom. The average molecular weight is 322 g/mol. The van der Waals surface area contributed by atoms with Crippen molar-refractivity contribution in [3.8, 4) is 0 Å². The molecule has 70 valence electrons. The molecular weight excluding hydrogens is 311 g/mol. The smallest absolute Gasteiger partial charge is 0.0411 e. The molecule has 0 saturated carbocycles. The summed E-state index contributed by atoms with van der Waals surface area (Å²) < 4.78 is 1.42. The summed E-state index contributed by atoms with van der Waals surface area (Å²) in [6, 6.07) is 8.74. The second-order valence-corrected chi connectivity index (χ2v) is 6.92. The zero-order valence-electron chi connectivity index (χ0n) is 7.20. The van der Waals surface area contributed by atoms with E-state index in [4.69, 9.17) is 0 Å². The van der Waals surface area contributed by atoms with Gasteiger partial charge in [0.15, 0.2) is 0 Å². The summed E-state index contributed by atoms with van der Waals surface area (Å²) in [5, 5.41) is 0.729. The maximum absolute atomic E-state index is 2.44. The van der Waals surface area contributed by atoms with Crippen molar-refractivity contribution < 1.29 is 0 Å². The third kappa shape index (κ3) is 2.57. The molecule has 1 unspecified atom stereocenters. The van der Waals surface area contributed by atoms with E-state index >= 15 is 0 Å². The summed E-state index contributed by atoms with van der Waals surface area (Å²) in [7, 11) is 4.06. The summed E-state index contributed by atoms with van der Waals surface area (Å²) >= 11 is 2.44. The largest absolute Gasteiger partial charge is 0.0935 e. The molecule has 1 aliphatic heterocycles. The van der Waals surface area contributed by atoms with E-state index < -0.39 is 0 Å². The van der Waals surface area contributed by atoms with Crippen LogP contribution in [0.5, 0.6) is 0 Å². The van der Waals surface area contributed by atoms with Crippen molar-refractivity contribution in [2.45, 2.75) is 18.1 Å². The molecular formula is C10H11IS2. The minimum Gasteiger partial charge on any atom is -0.0935 e. The predicted octanol–water partition coefficient (Wildman–Crippen LogP) is 4.51. The Bertz CT molecular complexity index is 282. The Morgan fingerprint density at radius 2 is 2.15 bits per heavy atom. The zero-order valence-corrected chi connectivity index (χ0v) is 11.0. The third-order valence-corrected chi connectivity index (χ3v) is 6.03. The van der Waals surface area contributed by atoms with Crippen LogP contribution in [0.4, 0.5) is 0 Å².